The Kier molecular flexibility index (Phi) is 10.7. The third-order valence-corrected chi connectivity index (χ3v) is 4.05. The number of amides is 1. The fraction of sp³-hybridized carbons (Fsp3) is 0.150. The third kappa shape index (κ3) is 8.05. The highest BCUT2D eigenvalue weighted by Gasteiger charge is 2.15. The Morgan fingerprint density at radius 3 is 2.68 bits per heavy atom. The minimum absolute atomic E-state index is 0.364. The van der Waals surface area contributed by atoms with Crippen molar-refractivity contribution < 1.29 is 19.4 Å². The zero-order valence-electron chi connectivity index (χ0n) is 15.6. The number of rotatable bonds is 5. The van der Waals surface area contributed by atoms with E-state index in [1.54, 1.807) is 48.6 Å². The molecule has 1 atom stereocenters. The highest BCUT2D eigenvalue weighted by atomic mass is 32.2. The lowest BCUT2D eigenvalue weighted by molar-refractivity contribution is -0.124. The summed E-state index contributed by atoms with van der Waals surface area (Å²) in [6, 6.07) is 8.88. The van der Waals surface area contributed by atoms with Crippen LogP contribution in [0.5, 0.6) is 0 Å². The van der Waals surface area contributed by atoms with Gasteiger partial charge < -0.3 is 0 Å². The predicted octanol–water partition coefficient (Wildman–Crippen LogP) is 3.23. The zero-order valence-corrected chi connectivity index (χ0v) is 16.4. The molecule has 0 saturated heterocycles. The summed E-state index contributed by atoms with van der Waals surface area (Å²) in [6.45, 7) is 4.00. The number of hydrogen-bond donors (Lipinski definition) is 4. The normalized spacial score (nSPS) is 13.6. The summed E-state index contributed by atoms with van der Waals surface area (Å²) in [5.74, 6) is 4.74. The largest absolute Gasteiger partial charge is 0.288 e. The Morgan fingerprint density at radius 1 is 1.29 bits per heavy atom. The number of nitrogens with zero attached hydrogens (tertiary/aromatic N) is 1. The van der Waals surface area contributed by atoms with Crippen LogP contribution in [0.25, 0.3) is 0 Å². The molecule has 0 saturated carbocycles. The third-order valence-electron chi connectivity index (χ3n) is 3.09. The van der Waals surface area contributed by atoms with Crippen LogP contribution in [0.4, 0.5) is 5.69 Å². The van der Waals surface area contributed by atoms with E-state index in [1.807, 2.05) is 19.9 Å². The minimum atomic E-state index is -1.88. The van der Waals surface area contributed by atoms with Crippen LogP contribution in [0.15, 0.2) is 78.1 Å². The Morgan fingerprint density at radius 2 is 2.00 bits per heavy atom. The quantitative estimate of drug-likeness (QED) is 0.263. The highest BCUT2D eigenvalue weighted by molar-refractivity contribution is 7.83. The molecule has 1 aliphatic carbocycles. The number of allylic oxidation sites excluding steroid dienone is 6. The van der Waals surface area contributed by atoms with Crippen molar-refractivity contribution in [1.82, 2.24) is 9.95 Å². The molecule has 1 amide bonds. The second-order valence-corrected chi connectivity index (χ2v) is 6.01. The van der Waals surface area contributed by atoms with Gasteiger partial charge in [0.15, 0.2) is 0 Å². The van der Waals surface area contributed by atoms with Crippen molar-refractivity contribution in [1.29, 1.82) is 0 Å². The van der Waals surface area contributed by atoms with E-state index < -0.39 is 17.1 Å². The summed E-state index contributed by atoms with van der Waals surface area (Å²) in [6.07, 6.45) is 9.59. The molecule has 28 heavy (non-hydrogen) atoms. The van der Waals surface area contributed by atoms with Gasteiger partial charge in [-0.1, -0.05) is 56.0 Å². The van der Waals surface area contributed by atoms with Gasteiger partial charge in [-0.05, 0) is 30.4 Å². The molecule has 0 aromatic heterocycles. The molecule has 148 valence electrons. The maximum Gasteiger partial charge on any atom is 0.267 e. The molecule has 0 spiro atoms. The van der Waals surface area contributed by atoms with Gasteiger partial charge in [-0.3, -0.25) is 19.9 Å². The van der Waals surface area contributed by atoms with E-state index in [-0.39, 0.29) is 0 Å². The van der Waals surface area contributed by atoms with E-state index in [0.29, 0.717) is 27.8 Å². The lowest BCUT2D eigenvalue weighted by Crippen LogP contribution is -2.26. The molecule has 1 aromatic carbocycles. The molecule has 0 aliphatic heterocycles. The van der Waals surface area contributed by atoms with Crippen LogP contribution in [0.3, 0.4) is 0 Å². The zero-order chi connectivity index (χ0) is 20.8. The highest BCUT2D eigenvalue weighted by Crippen LogP contribution is 2.17. The summed E-state index contributed by atoms with van der Waals surface area (Å²) in [7, 11) is 0. The van der Waals surface area contributed by atoms with Crippen molar-refractivity contribution in [2.75, 3.05) is 4.72 Å². The van der Waals surface area contributed by atoms with Crippen molar-refractivity contribution in [3.63, 3.8) is 0 Å². The van der Waals surface area contributed by atoms with Crippen molar-refractivity contribution in [3.05, 3.63) is 78.1 Å². The van der Waals surface area contributed by atoms with E-state index in [0.717, 1.165) is 6.08 Å². The van der Waals surface area contributed by atoms with Gasteiger partial charge >= 0.3 is 0 Å². The number of anilines is 1. The Hall–Kier alpha value is -3.12. The van der Waals surface area contributed by atoms with Gasteiger partial charge in [0, 0.05) is 23.8 Å². The van der Waals surface area contributed by atoms with Crippen LogP contribution in [0.1, 0.15) is 20.3 Å². The van der Waals surface area contributed by atoms with Gasteiger partial charge in [-0.2, -0.15) is 4.47 Å². The second-order valence-electron chi connectivity index (χ2n) is 4.96. The van der Waals surface area contributed by atoms with Gasteiger partial charge in [0.25, 0.3) is 5.91 Å². The van der Waals surface area contributed by atoms with Gasteiger partial charge in [0.2, 0.25) is 11.2 Å². The summed E-state index contributed by atoms with van der Waals surface area (Å²) in [4.78, 5) is 10.9. The van der Waals surface area contributed by atoms with Crippen LogP contribution in [-0.4, -0.2) is 25.0 Å². The van der Waals surface area contributed by atoms with Crippen LogP contribution in [-0.2, 0) is 16.0 Å². The molecule has 7 nitrogen and oxygen atoms in total. The molecule has 1 unspecified atom stereocenters. The number of benzene rings is 1. The second kappa shape index (κ2) is 13.1. The molecule has 8 heteroatoms. The molecule has 2 rings (SSSR count). The van der Waals surface area contributed by atoms with Gasteiger partial charge in [-0.25, -0.2) is 9.69 Å². The van der Waals surface area contributed by atoms with E-state index in [9.17, 15) is 14.2 Å². The van der Waals surface area contributed by atoms with Crippen molar-refractivity contribution in [2.24, 2.45) is 0 Å². The Bertz CT molecular complexity index is 849. The van der Waals surface area contributed by atoms with Gasteiger partial charge in [-0.15, -0.1) is 0 Å². The van der Waals surface area contributed by atoms with Crippen LogP contribution in [0, 0.1) is 11.8 Å². The van der Waals surface area contributed by atoms with E-state index in [4.69, 9.17) is 5.21 Å². The first-order valence-electron chi connectivity index (χ1n) is 8.52. The molecule has 0 heterocycles. The number of carbonyl (C=O) groups excluding carboxylic acids is 1. The maximum absolute atomic E-state index is 12.3. The predicted molar refractivity (Wildman–Crippen MR) is 110 cm³/mol. The first kappa shape index (κ1) is 22.9. The molecule has 0 bridgehead atoms. The molecule has 0 fully saturated rings. The molecule has 1 aliphatic rings. The number of carbonyl (C=O) groups is 1. The van der Waals surface area contributed by atoms with Gasteiger partial charge in [0.1, 0.15) is 0 Å². The number of para-hydroxylation sites is 1. The van der Waals surface area contributed by atoms with Gasteiger partial charge in [0.05, 0.1) is 5.70 Å². The summed E-state index contributed by atoms with van der Waals surface area (Å²) in [5, 5.41) is 18.6. The smallest absolute Gasteiger partial charge is 0.267 e. The molecular formula is C20H23N3O4S. The number of hydrogen-bond acceptors (Lipinski definition) is 4. The van der Waals surface area contributed by atoms with E-state index >= 15 is 0 Å². The minimum Gasteiger partial charge on any atom is -0.288 e. The fourth-order valence-corrected chi connectivity index (χ4v) is 2.66. The van der Waals surface area contributed by atoms with Crippen LogP contribution < -0.4 is 10.2 Å². The summed E-state index contributed by atoms with van der Waals surface area (Å²) in [5.41, 5.74) is 3.01. The van der Waals surface area contributed by atoms with Crippen LogP contribution >= 0.6 is 0 Å². The SMILES string of the molecule is CC.O=C(/C=C/C#CC1=CC=CCC(N(O)S(=O)Nc2ccccc2)=C1)NO. The summed E-state index contributed by atoms with van der Waals surface area (Å²) >= 11 is -1.88. The number of hydroxylamine groups is 2. The van der Waals surface area contributed by atoms with Crippen molar-refractivity contribution >= 4 is 22.8 Å². The summed E-state index contributed by atoms with van der Waals surface area (Å²) < 4.78 is 15.6. The average molecular weight is 401 g/mol. The molecule has 0 radical (unpaired) electrons. The average Bonchev–Trinajstić information content (AvgIpc) is 2.98. The Labute approximate surface area is 167 Å². The van der Waals surface area contributed by atoms with E-state index in [1.165, 1.54) is 11.6 Å². The lowest BCUT2D eigenvalue weighted by atomic mass is 10.2. The first-order chi connectivity index (χ1) is 13.6. The van der Waals surface area contributed by atoms with Crippen molar-refractivity contribution in [3.8, 4) is 11.8 Å². The monoisotopic (exact) mass is 401 g/mol. The maximum atomic E-state index is 12.3. The molecule has 4 N–H and O–H groups in total. The van der Waals surface area contributed by atoms with Crippen molar-refractivity contribution in [2.45, 2.75) is 20.3 Å². The fourth-order valence-electron chi connectivity index (χ4n) is 1.89. The van der Waals surface area contributed by atoms with Crippen LogP contribution in [0.2, 0.25) is 0 Å². The molecular weight excluding hydrogens is 378 g/mol. The standard InChI is InChI=1S/C18H17N3O4S.C2H6/c22-18(19-23)13-7-5-9-15-8-4-6-12-17(14-15)21(24)26(25)20-16-10-2-1-3-11-16;1-2/h1-4,6-8,10-11,13-14,20,23-24H,12H2,(H,19,22);1-2H3/b13-7+;. The first-order valence-corrected chi connectivity index (χ1v) is 9.63. The topological polar surface area (TPSA) is 102 Å². The lowest BCUT2D eigenvalue weighted by Gasteiger charge is -2.18. The van der Waals surface area contributed by atoms with E-state index in [2.05, 4.69) is 16.6 Å². The molecule has 1 aromatic rings. The Balaban J connectivity index is 0.00000190. The number of nitrogens with one attached hydrogen (secondary N) is 2.